The third-order valence-electron chi connectivity index (χ3n) is 3.94. The Balaban J connectivity index is 3.92. The Morgan fingerprint density at radius 2 is 1.25 bits per heavy atom. The first-order valence-electron chi connectivity index (χ1n) is 7.71. The van der Waals surface area contributed by atoms with Crippen LogP contribution in [0, 0.1) is 23.7 Å². The van der Waals surface area contributed by atoms with Crippen LogP contribution in [-0.2, 0) is 9.59 Å². The first kappa shape index (κ1) is 18.9. The molecule has 2 unspecified atom stereocenters. The molecule has 4 heteroatoms. The molecule has 0 saturated heterocycles. The second kappa shape index (κ2) is 9.78. The minimum atomic E-state index is -1.27. The smallest absolute Gasteiger partial charge is 0.318 e. The topological polar surface area (TPSA) is 74.6 Å². The van der Waals surface area contributed by atoms with Crippen molar-refractivity contribution in [1.82, 2.24) is 0 Å². The minimum absolute atomic E-state index is 0.312. The predicted octanol–water partition coefficient (Wildman–Crippen LogP) is 4.04. The van der Waals surface area contributed by atoms with Crippen molar-refractivity contribution in [3.05, 3.63) is 0 Å². The Morgan fingerprint density at radius 1 is 0.800 bits per heavy atom. The zero-order valence-corrected chi connectivity index (χ0v) is 13.3. The standard InChI is InChI=1S/C16H30O4/c1-11(2)7-5-8-12(3)9-6-10-13(4)14(15(17)18)16(19)20/h11-14H,5-10H2,1-4H3,(H,17,18)(H,19,20). The number of rotatable bonds is 11. The summed E-state index contributed by atoms with van der Waals surface area (Å²) < 4.78 is 0. The Hall–Kier alpha value is -1.06. The Labute approximate surface area is 122 Å². The van der Waals surface area contributed by atoms with E-state index in [-0.39, 0.29) is 5.92 Å². The van der Waals surface area contributed by atoms with Crippen molar-refractivity contribution >= 4 is 11.9 Å². The molecule has 0 aliphatic heterocycles. The average molecular weight is 286 g/mol. The van der Waals surface area contributed by atoms with Crippen LogP contribution < -0.4 is 0 Å². The second-order valence-electron chi connectivity index (χ2n) is 6.49. The molecule has 0 aromatic rings. The molecule has 0 radical (unpaired) electrons. The molecule has 20 heavy (non-hydrogen) atoms. The van der Waals surface area contributed by atoms with Crippen LogP contribution in [0.2, 0.25) is 0 Å². The van der Waals surface area contributed by atoms with E-state index >= 15 is 0 Å². The SMILES string of the molecule is CC(C)CCCC(C)CCCC(C)C(C(=O)O)C(=O)O. The van der Waals surface area contributed by atoms with E-state index in [4.69, 9.17) is 10.2 Å². The predicted molar refractivity (Wildman–Crippen MR) is 79.6 cm³/mol. The van der Waals surface area contributed by atoms with Crippen molar-refractivity contribution in [1.29, 1.82) is 0 Å². The van der Waals surface area contributed by atoms with Gasteiger partial charge < -0.3 is 10.2 Å². The van der Waals surface area contributed by atoms with Gasteiger partial charge in [0.25, 0.3) is 0 Å². The van der Waals surface area contributed by atoms with Crippen molar-refractivity contribution in [2.24, 2.45) is 23.7 Å². The highest BCUT2D eigenvalue weighted by molar-refractivity contribution is 5.93. The van der Waals surface area contributed by atoms with Crippen molar-refractivity contribution in [3.8, 4) is 0 Å². The van der Waals surface area contributed by atoms with Gasteiger partial charge in [0.05, 0.1) is 0 Å². The molecule has 0 aliphatic carbocycles. The van der Waals surface area contributed by atoms with Crippen molar-refractivity contribution in [2.75, 3.05) is 0 Å². The van der Waals surface area contributed by atoms with Crippen molar-refractivity contribution in [3.63, 3.8) is 0 Å². The molecular formula is C16H30O4. The molecule has 0 saturated carbocycles. The fourth-order valence-corrected chi connectivity index (χ4v) is 2.57. The maximum atomic E-state index is 10.9. The van der Waals surface area contributed by atoms with Gasteiger partial charge in [0.1, 0.15) is 0 Å². The second-order valence-corrected chi connectivity index (χ2v) is 6.49. The summed E-state index contributed by atoms with van der Waals surface area (Å²) in [7, 11) is 0. The van der Waals surface area contributed by atoms with Gasteiger partial charge in [0.2, 0.25) is 0 Å². The largest absolute Gasteiger partial charge is 0.481 e. The molecule has 2 atom stereocenters. The molecule has 0 rings (SSSR count). The monoisotopic (exact) mass is 286 g/mol. The van der Waals surface area contributed by atoms with Crippen LogP contribution in [-0.4, -0.2) is 22.2 Å². The van der Waals surface area contributed by atoms with Crippen LogP contribution in [0.1, 0.15) is 66.2 Å². The van der Waals surface area contributed by atoms with E-state index < -0.39 is 17.9 Å². The highest BCUT2D eigenvalue weighted by atomic mass is 16.4. The maximum absolute atomic E-state index is 10.9. The summed E-state index contributed by atoms with van der Waals surface area (Å²) in [5, 5.41) is 17.8. The Morgan fingerprint density at radius 3 is 1.65 bits per heavy atom. The molecule has 0 aromatic carbocycles. The number of hydrogen-bond acceptors (Lipinski definition) is 2. The van der Waals surface area contributed by atoms with Gasteiger partial charge in [0.15, 0.2) is 5.92 Å². The lowest BCUT2D eigenvalue weighted by atomic mass is 9.87. The van der Waals surface area contributed by atoms with Gasteiger partial charge in [-0.15, -0.1) is 0 Å². The van der Waals surface area contributed by atoms with Gasteiger partial charge in [-0.3, -0.25) is 9.59 Å². The summed E-state index contributed by atoms with van der Waals surface area (Å²) in [6, 6.07) is 0. The van der Waals surface area contributed by atoms with Gasteiger partial charge in [0, 0.05) is 0 Å². The normalized spacial score (nSPS) is 14.5. The van der Waals surface area contributed by atoms with Gasteiger partial charge in [-0.1, -0.05) is 59.8 Å². The van der Waals surface area contributed by atoms with Gasteiger partial charge >= 0.3 is 11.9 Å². The van der Waals surface area contributed by atoms with E-state index in [9.17, 15) is 9.59 Å². The summed E-state index contributed by atoms with van der Waals surface area (Å²) in [4.78, 5) is 21.8. The van der Waals surface area contributed by atoms with Gasteiger partial charge in [-0.2, -0.15) is 0 Å². The minimum Gasteiger partial charge on any atom is -0.481 e. The van der Waals surface area contributed by atoms with E-state index in [0.29, 0.717) is 12.3 Å². The highest BCUT2D eigenvalue weighted by Gasteiger charge is 2.31. The number of aliphatic carboxylic acids is 2. The van der Waals surface area contributed by atoms with E-state index in [0.717, 1.165) is 18.8 Å². The summed E-state index contributed by atoms with van der Waals surface area (Å²) in [6.45, 7) is 8.39. The molecule has 2 N–H and O–H groups in total. The maximum Gasteiger partial charge on any atom is 0.318 e. The molecular weight excluding hydrogens is 256 g/mol. The van der Waals surface area contributed by atoms with Crippen LogP contribution >= 0.6 is 0 Å². The van der Waals surface area contributed by atoms with Crippen molar-refractivity contribution < 1.29 is 19.8 Å². The lowest BCUT2D eigenvalue weighted by molar-refractivity contribution is -0.157. The van der Waals surface area contributed by atoms with Crippen LogP contribution in [0.5, 0.6) is 0 Å². The first-order chi connectivity index (χ1) is 9.25. The fraction of sp³-hybridized carbons (Fsp3) is 0.875. The van der Waals surface area contributed by atoms with Gasteiger partial charge in [-0.05, 0) is 24.2 Å². The van der Waals surface area contributed by atoms with E-state index in [2.05, 4.69) is 20.8 Å². The summed E-state index contributed by atoms with van der Waals surface area (Å²) in [5.74, 6) is -2.66. The quantitative estimate of drug-likeness (QED) is 0.562. The highest BCUT2D eigenvalue weighted by Crippen LogP contribution is 2.23. The van der Waals surface area contributed by atoms with Crippen LogP contribution in [0.3, 0.4) is 0 Å². The molecule has 0 heterocycles. The Kier molecular flexibility index (Phi) is 9.26. The zero-order valence-electron chi connectivity index (χ0n) is 13.3. The summed E-state index contributed by atoms with van der Waals surface area (Å²) >= 11 is 0. The molecule has 118 valence electrons. The molecule has 0 aromatic heterocycles. The molecule has 0 amide bonds. The van der Waals surface area contributed by atoms with Crippen LogP contribution in [0.15, 0.2) is 0 Å². The average Bonchev–Trinajstić information content (AvgIpc) is 2.27. The number of carboxylic acid groups (broad SMARTS) is 2. The summed E-state index contributed by atoms with van der Waals surface area (Å²) in [5.41, 5.74) is 0. The summed E-state index contributed by atoms with van der Waals surface area (Å²) in [6.07, 6.45) is 6.31. The van der Waals surface area contributed by atoms with E-state index in [1.807, 2.05) is 0 Å². The molecule has 0 bridgehead atoms. The Bertz CT molecular complexity index is 285. The third kappa shape index (κ3) is 8.18. The first-order valence-corrected chi connectivity index (χ1v) is 7.71. The number of carboxylic acids is 2. The molecule has 4 nitrogen and oxygen atoms in total. The number of carbonyl (C=O) groups is 2. The fourth-order valence-electron chi connectivity index (χ4n) is 2.57. The lowest BCUT2D eigenvalue weighted by Gasteiger charge is -2.17. The zero-order chi connectivity index (χ0) is 15.7. The third-order valence-corrected chi connectivity index (χ3v) is 3.94. The molecule has 0 aliphatic rings. The molecule has 0 fully saturated rings. The lowest BCUT2D eigenvalue weighted by Crippen LogP contribution is -2.29. The van der Waals surface area contributed by atoms with E-state index in [1.165, 1.54) is 19.3 Å². The van der Waals surface area contributed by atoms with Crippen LogP contribution in [0.4, 0.5) is 0 Å². The van der Waals surface area contributed by atoms with Gasteiger partial charge in [-0.25, -0.2) is 0 Å². The molecule has 0 spiro atoms. The van der Waals surface area contributed by atoms with Crippen LogP contribution in [0.25, 0.3) is 0 Å². The number of hydrogen-bond donors (Lipinski definition) is 2. The van der Waals surface area contributed by atoms with Crippen molar-refractivity contribution in [2.45, 2.75) is 66.2 Å². The van der Waals surface area contributed by atoms with E-state index in [1.54, 1.807) is 6.92 Å².